The van der Waals surface area contributed by atoms with Gasteiger partial charge < -0.3 is 5.73 Å². The first-order valence-electron chi connectivity index (χ1n) is 6.04. The van der Waals surface area contributed by atoms with Crippen LogP contribution in [0.4, 0.5) is 0 Å². The Kier molecular flexibility index (Phi) is 4.42. The number of rotatable bonds is 4. The number of hydrogen-bond acceptors (Lipinski definition) is 3. The SMILES string of the molecule is NCc1ccc(Br)c(S(=O)(=O)NC2CCCC2)c1. The standard InChI is InChI=1S/C12H17BrN2O2S/c13-11-6-5-9(8-14)7-12(11)18(16,17)15-10-3-1-2-4-10/h5-7,10,15H,1-4,8,14H2. The maximum absolute atomic E-state index is 12.3. The highest BCUT2D eigenvalue weighted by Crippen LogP contribution is 2.25. The fourth-order valence-electron chi connectivity index (χ4n) is 2.21. The number of sulfonamides is 1. The molecule has 0 spiro atoms. The smallest absolute Gasteiger partial charge is 0.241 e. The number of halogens is 1. The van der Waals surface area contributed by atoms with Crippen molar-refractivity contribution in [3.05, 3.63) is 28.2 Å². The second-order valence-electron chi connectivity index (χ2n) is 4.57. The van der Waals surface area contributed by atoms with Crippen LogP contribution in [0.1, 0.15) is 31.2 Å². The number of benzene rings is 1. The molecule has 0 aliphatic heterocycles. The minimum absolute atomic E-state index is 0.0726. The molecule has 1 fully saturated rings. The van der Waals surface area contributed by atoms with Crippen molar-refractivity contribution in [2.75, 3.05) is 0 Å². The van der Waals surface area contributed by atoms with E-state index in [1.54, 1.807) is 12.1 Å². The molecule has 0 amide bonds. The van der Waals surface area contributed by atoms with Gasteiger partial charge in [-0.1, -0.05) is 18.9 Å². The molecule has 1 aliphatic carbocycles. The van der Waals surface area contributed by atoms with E-state index in [1.807, 2.05) is 6.07 Å². The van der Waals surface area contributed by atoms with Crippen LogP contribution in [0.25, 0.3) is 0 Å². The zero-order chi connectivity index (χ0) is 13.2. The monoisotopic (exact) mass is 332 g/mol. The average molecular weight is 333 g/mol. The van der Waals surface area contributed by atoms with Crippen molar-refractivity contribution in [1.82, 2.24) is 4.72 Å². The number of nitrogens with two attached hydrogens (primary N) is 1. The first kappa shape index (κ1) is 14.0. The predicted molar refractivity (Wildman–Crippen MR) is 74.6 cm³/mol. The molecule has 0 saturated heterocycles. The van der Waals surface area contributed by atoms with Crippen LogP contribution < -0.4 is 10.5 Å². The highest BCUT2D eigenvalue weighted by molar-refractivity contribution is 9.10. The van der Waals surface area contributed by atoms with Gasteiger partial charge in [0, 0.05) is 17.1 Å². The Labute approximate surface area is 116 Å². The van der Waals surface area contributed by atoms with E-state index in [1.165, 1.54) is 0 Å². The van der Waals surface area contributed by atoms with E-state index in [4.69, 9.17) is 5.73 Å². The molecule has 1 aliphatic rings. The van der Waals surface area contributed by atoms with Crippen molar-refractivity contribution in [3.8, 4) is 0 Å². The van der Waals surface area contributed by atoms with E-state index in [0.29, 0.717) is 11.0 Å². The van der Waals surface area contributed by atoms with Gasteiger partial charge in [-0.2, -0.15) is 0 Å². The van der Waals surface area contributed by atoms with E-state index in [0.717, 1.165) is 31.2 Å². The lowest BCUT2D eigenvalue weighted by molar-refractivity contribution is 0.551. The van der Waals surface area contributed by atoms with Crippen LogP contribution in [0.5, 0.6) is 0 Å². The predicted octanol–water partition coefficient (Wildman–Crippen LogP) is 2.13. The fourth-order valence-corrected chi connectivity index (χ4v) is 4.53. The van der Waals surface area contributed by atoms with Gasteiger partial charge >= 0.3 is 0 Å². The molecule has 18 heavy (non-hydrogen) atoms. The highest BCUT2D eigenvalue weighted by atomic mass is 79.9. The molecular weight excluding hydrogens is 316 g/mol. The Bertz CT molecular complexity index is 525. The minimum atomic E-state index is -3.46. The highest BCUT2D eigenvalue weighted by Gasteiger charge is 2.24. The van der Waals surface area contributed by atoms with Gasteiger partial charge in [0.1, 0.15) is 0 Å². The quantitative estimate of drug-likeness (QED) is 0.887. The molecule has 1 aromatic carbocycles. The van der Waals surface area contributed by atoms with Crippen molar-refractivity contribution in [1.29, 1.82) is 0 Å². The van der Waals surface area contributed by atoms with Crippen molar-refractivity contribution >= 4 is 26.0 Å². The maximum Gasteiger partial charge on any atom is 0.241 e. The molecule has 100 valence electrons. The van der Waals surface area contributed by atoms with Gasteiger partial charge in [-0.15, -0.1) is 0 Å². The van der Waals surface area contributed by atoms with Crippen LogP contribution in [0.3, 0.4) is 0 Å². The van der Waals surface area contributed by atoms with Crippen molar-refractivity contribution in [2.24, 2.45) is 5.73 Å². The van der Waals surface area contributed by atoms with Gasteiger partial charge in [0.05, 0.1) is 4.90 Å². The molecule has 0 aromatic heterocycles. The van der Waals surface area contributed by atoms with E-state index in [2.05, 4.69) is 20.7 Å². The molecule has 0 bridgehead atoms. The molecule has 1 aromatic rings. The summed E-state index contributed by atoms with van der Waals surface area (Å²) in [6.07, 6.45) is 4.04. The normalized spacial score (nSPS) is 17.2. The Morgan fingerprint density at radius 3 is 2.61 bits per heavy atom. The summed E-state index contributed by atoms with van der Waals surface area (Å²) in [5, 5.41) is 0. The molecule has 3 N–H and O–H groups in total. The Hall–Kier alpha value is -0.430. The Morgan fingerprint density at radius 2 is 2.00 bits per heavy atom. The van der Waals surface area contributed by atoms with Crippen molar-refractivity contribution in [3.63, 3.8) is 0 Å². The van der Waals surface area contributed by atoms with E-state index < -0.39 is 10.0 Å². The summed E-state index contributed by atoms with van der Waals surface area (Å²) < 4.78 is 27.9. The van der Waals surface area contributed by atoms with Crippen LogP contribution in [0.2, 0.25) is 0 Å². The molecule has 0 heterocycles. The second kappa shape index (κ2) is 5.69. The third kappa shape index (κ3) is 3.12. The summed E-state index contributed by atoms with van der Waals surface area (Å²) in [5.41, 5.74) is 6.36. The zero-order valence-electron chi connectivity index (χ0n) is 10.0. The summed E-state index contributed by atoms with van der Waals surface area (Å²) in [6, 6.07) is 5.24. The van der Waals surface area contributed by atoms with Crippen LogP contribution in [0.15, 0.2) is 27.6 Å². The molecule has 0 radical (unpaired) electrons. The minimum Gasteiger partial charge on any atom is -0.326 e. The van der Waals surface area contributed by atoms with E-state index in [-0.39, 0.29) is 10.9 Å². The van der Waals surface area contributed by atoms with Gasteiger partial charge in [0.15, 0.2) is 0 Å². The number of nitrogens with one attached hydrogen (secondary N) is 1. The van der Waals surface area contributed by atoms with Crippen LogP contribution in [-0.4, -0.2) is 14.5 Å². The zero-order valence-corrected chi connectivity index (χ0v) is 12.4. The first-order valence-corrected chi connectivity index (χ1v) is 8.31. The number of hydrogen-bond donors (Lipinski definition) is 2. The third-order valence-electron chi connectivity index (χ3n) is 3.20. The lowest BCUT2D eigenvalue weighted by Crippen LogP contribution is -2.32. The summed E-state index contributed by atoms with van der Waals surface area (Å²) in [6.45, 7) is 0.333. The molecule has 6 heteroatoms. The molecule has 0 unspecified atom stereocenters. The van der Waals surface area contributed by atoms with Crippen molar-refractivity contribution < 1.29 is 8.42 Å². The van der Waals surface area contributed by atoms with Crippen LogP contribution in [0, 0.1) is 0 Å². The van der Waals surface area contributed by atoms with Crippen LogP contribution >= 0.6 is 15.9 Å². The van der Waals surface area contributed by atoms with Crippen LogP contribution in [-0.2, 0) is 16.6 Å². The summed E-state index contributed by atoms with van der Waals surface area (Å²) in [4.78, 5) is 0.275. The maximum atomic E-state index is 12.3. The van der Waals surface area contributed by atoms with Crippen molar-refractivity contribution in [2.45, 2.75) is 43.2 Å². The summed E-state index contributed by atoms with van der Waals surface area (Å²) >= 11 is 3.28. The second-order valence-corrected chi connectivity index (χ2v) is 7.11. The summed E-state index contributed by atoms with van der Waals surface area (Å²) in [5.74, 6) is 0. The van der Waals surface area contributed by atoms with E-state index in [9.17, 15) is 8.42 Å². The largest absolute Gasteiger partial charge is 0.326 e. The lowest BCUT2D eigenvalue weighted by Gasteiger charge is -2.14. The van der Waals surface area contributed by atoms with Gasteiger partial charge in [-0.05, 0) is 46.5 Å². The van der Waals surface area contributed by atoms with E-state index >= 15 is 0 Å². The molecule has 0 atom stereocenters. The lowest BCUT2D eigenvalue weighted by atomic mass is 10.2. The fraction of sp³-hybridized carbons (Fsp3) is 0.500. The first-order chi connectivity index (χ1) is 8.53. The van der Waals surface area contributed by atoms with Gasteiger partial charge in [-0.3, -0.25) is 0 Å². The third-order valence-corrected chi connectivity index (χ3v) is 5.71. The molecule has 1 saturated carbocycles. The van der Waals surface area contributed by atoms with Gasteiger partial charge in [0.2, 0.25) is 10.0 Å². The van der Waals surface area contributed by atoms with Gasteiger partial charge in [0.25, 0.3) is 0 Å². The Balaban J connectivity index is 2.27. The molecule has 4 nitrogen and oxygen atoms in total. The molecular formula is C12H17BrN2O2S. The average Bonchev–Trinajstić information content (AvgIpc) is 2.81. The Morgan fingerprint density at radius 1 is 1.33 bits per heavy atom. The van der Waals surface area contributed by atoms with Gasteiger partial charge in [-0.25, -0.2) is 13.1 Å². The topological polar surface area (TPSA) is 72.2 Å². The molecule has 2 rings (SSSR count). The summed E-state index contributed by atoms with van der Waals surface area (Å²) in [7, 11) is -3.46.